The molecule has 2 aliphatic carbocycles. The van der Waals surface area contributed by atoms with Gasteiger partial charge in [-0.2, -0.15) is 0 Å². The number of Topliss-reactive ketones (excluding diaryl/α,β-unsaturated/α-hetero) is 2. The normalized spacial score (nSPS) is 26.0. The van der Waals surface area contributed by atoms with E-state index in [2.05, 4.69) is 9.47 Å². The maximum Gasteiger partial charge on any atom is 0.472 e. The number of aliphatic hydroxyl groups excluding tert-OH is 5. The second-order valence-corrected chi connectivity index (χ2v) is 22.4. The van der Waals surface area contributed by atoms with Crippen LogP contribution in [-0.2, 0) is 55.9 Å². The number of cyclic esters (lactones) is 2. The first-order chi connectivity index (χ1) is 34.8. The van der Waals surface area contributed by atoms with E-state index in [4.69, 9.17) is 18.1 Å². The van der Waals surface area contributed by atoms with Gasteiger partial charge in [-0.15, -0.1) is 0 Å². The topological polar surface area (TPSA) is 325 Å². The Balaban J connectivity index is 1.25. The summed E-state index contributed by atoms with van der Waals surface area (Å²) in [5, 5.41) is 60.8. The summed E-state index contributed by atoms with van der Waals surface area (Å²) in [7, 11) is -10.0. The van der Waals surface area contributed by atoms with Gasteiger partial charge in [0, 0.05) is 6.42 Å². The molecule has 0 spiro atoms. The van der Waals surface area contributed by atoms with Crippen LogP contribution in [-0.4, -0.2) is 104 Å². The Hall–Kier alpha value is -5.76. The van der Waals surface area contributed by atoms with Gasteiger partial charge in [0.15, 0.2) is 35.3 Å². The highest BCUT2D eigenvalue weighted by Gasteiger charge is 2.44. The average molecular weight is 1090 g/mol. The molecule has 75 heavy (non-hydrogen) atoms. The Morgan fingerprint density at radius 1 is 0.667 bits per heavy atom. The molecule has 4 aliphatic rings. The van der Waals surface area contributed by atoms with E-state index < -0.39 is 129 Å². The number of rotatable bonds is 23. The molecule has 0 aromatic heterocycles. The Bertz CT molecular complexity index is 2770. The minimum absolute atomic E-state index is 0.0156. The van der Waals surface area contributed by atoms with E-state index >= 15 is 0 Å². The first-order valence-electron chi connectivity index (χ1n) is 23.7. The number of ether oxygens (including phenoxy) is 2. The van der Waals surface area contributed by atoms with Crippen LogP contribution in [0.3, 0.4) is 0 Å². The van der Waals surface area contributed by atoms with Crippen molar-refractivity contribution in [1.82, 2.24) is 0 Å². The van der Waals surface area contributed by atoms with Crippen molar-refractivity contribution in [2.24, 2.45) is 10.8 Å². The zero-order valence-corrected chi connectivity index (χ0v) is 45.2. The highest BCUT2D eigenvalue weighted by atomic mass is 31.2. The van der Waals surface area contributed by atoms with Crippen molar-refractivity contribution in [1.29, 1.82) is 0 Å². The fourth-order valence-electron chi connectivity index (χ4n) is 8.25. The minimum atomic E-state index is -5.05. The quantitative estimate of drug-likeness (QED) is 0.0327. The van der Waals surface area contributed by atoms with E-state index in [1.54, 1.807) is 13.8 Å². The molecule has 0 fully saturated rings. The van der Waals surface area contributed by atoms with Crippen LogP contribution in [0.25, 0.3) is 0 Å². The largest absolute Gasteiger partial charge is 0.847 e. The molecular weight excluding hydrogens is 1020 g/mol. The van der Waals surface area contributed by atoms with Crippen LogP contribution in [0, 0.1) is 10.8 Å². The molecular formula is C53H66O20P2-2. The van der Waals surface area contributed by atoms with Crippen LogP contribution in [0.15, 0.2) is 153 Å². The lowest BCUT2D eigenvalue weighted by Crippen LogP contribution is -2.43. The number of phosphoric ester groups is 2. The molecule has 0 saturated heterocycles. The van der Waals surface area contributed by atoms with Crippen molar-refractivity contribution in [3.8, 4) is 0 Å². The Morgan fingerprint density at radius 3 is 1.49 bits per heavy atom. The molecule has 2 aliphatic heterocycles. The average Bonchev–Trinajstić information content (AvgIpc) is 3.73. The number of hydrogen-bond donors (Lipinski definition) is 6. The van der Waals surface area contributed by atoms with E-state index in [0.29, 0.717) is 22.3 Å². The molecule has 0 amide bonds. The number of carbonyl (C=O) groups excluding carboxylic acids is 4. The molecule has 8 atom stereocenters. The number of esters is 2. The van der Waals surface area contributed by atoms with Gasteiger partial charge in [0.25, 0.3) is 7.82 Å². The van der Waals surface area contributed by atoms with E-state index in [1.165, 1.54) is 0 Å². The van der Waals surface area contributed by atoms with Crippen molar-refractivity contribution in [3.63, 3.8) is 0 Å². The lowest BCUT2D eigenvalue weighted by Gasteiger charge is -2.38. The highest BCUT2D eigenvalue weighted by Crippen LogP contribution is 2.50. The minimum Gasteiger partial charge on any atom is -0.847 e. The van der Waals surface area contributed by atoms with Crippen molar-refractivity contribution in [2.75, 3.05) is 13.2 Å². The number of carbonyl (C=O) groups is 4. The fraction of sp³-hybridized carbons (Fsp3) is 0.434. The number of aliphatic hydroxyl groups is 5. The molecule has 2 heterocycles. The van der Waals surface area contributed by atoms with Crippen molar-refractivity contribution in [2.45, 2.75) is 125 Å². The summed E-state index contributed by atoms with van der Waals surface area (Å²) >= 11 is 0. The van der Waals surface area contributed by atoms with Gasteiger partial charge < -0.3 is 58.9 Å². The lowest BCUT2D eigenvalue weighted by atomic mass is 9.71. The zero-order valence-electron chi connectivity index (χ0n) is 43.4. The van der Waals surface area contributed by atoms with Crippen molar-refractivity contribution < 1.29 is 96.3 Å². The van der Waals surface area contributed by atoms with Gasteiger partial charge in [0.05, 0.1) is 13.2 Å². The third-order valence-electron chi connectivity index (χ3n) is 12.4. The van der Waals surface area contributed by atoms with Gasteiger partial charge >= 0.3 is 19.8 Å². The Labute approximate surface area is 436 Å². The molecule has 20 nitrogen and oxygen atoms in total. The summed E-state index contributed by atoms with van der Waals surface area (Å²) in [6, 6.07) is 0. The second kappa shape index (κ2) is 25.9. The summed E-state index contributed by atoms with van der Waals surface area (Å²) in [5.41, 5.74) is 4.40. The molecule has 22 heteroatoms. The van der Waals surface area contributed by atoms with E-state index in [-0.39, 0.29) is 12.8 Å². The molecule has 6 N–H and O–H groups in total. The smallest absolute Gasteiger partial charge is 0.472 e. The standard InChI is InChI=1S/C53H67O20P2/c1-30(17-13-19-32(3)21-23-36-34(5)42(56)40(27-52(36,7)8)72-74(64,65)68-26-25-38(54)48-44(58)46(60)50(62)70-48)15-11-12-16-31(2)18-14-20-33(4)22-24-37-35(6)43(57)41(28-53(37,9)10)73-75(66,67)69-29-39(55)49-45(59)47(61)51(63)71-49/h11-24,38-41,48-49,54,58-61H,25-29H2,1-10H3,(H,64,65)(H,66,67)/q-1/p-1/b12-11+,17-13+,18-14+,23-21+,24-22+,30-15+,31-16+,32-19+,33-20+/t38-,39-,40?,41?,48+,49+/m0/s1. The van der Waals surface area contributed by atoms with Gasteiger partial charge in [0.1, 0.15) is 18.3 Å². The fourth-order valence-corrected chi connectivity index (χ4v) is 10.0. The van der Waals surface area contributed by atoms with E-state index in [9.17, 15) is 68.7 Å². The zero-order chi connectivity index (χ0) is 56.4. The van der Waals surface area contributed by atoms with Crippen LogP contribution in [0.1, 0.15) is 88.5 Å². The number of ketones is 2. The van der Waals surface area contributed by atoms with Gasteiger partial charge in [-0.05, 0) is 87.5 Å². The third kappa shape index (κ3) is 17.1. The highest BCUT2D eigenvalue weighted by molar-refractivity contribution is 7.47. The predicted octanol–water partition coefficient (Wildman–Crippen LogP) is 7.54. The van der Waals surface area contributed by atoms with Crippen LogP contribution in [0.2, 0.25) is 0 Å². The summed E-state index contributed by atoms with van der Waals surface area (Å²) in [5.74, 6) is -7.71. The number of phosphoric acid groups is 2. The van der Waals surface area contributed by atoms with Gasteiger partial charge in [-0.3, -0.25) is 23.2 Å². The van der Waals surface area contributed by atoms with Crippen LogP contribution in [0.4, 0.5) is 0 Å². The SMILES string of the molecule is CC1=C(/C=C/C(C)=C/C=C/C(C)=C/C=C/C=C(C)/C=C/C=C(C)/C=C/C2=C(C)C(=O)C(OP(=O)(O)OC[C@H]([O-])[C@H]3OC(=O)C(O)=C3O)CC2(C)C)C(C)(C)CC(OP(=O)([O-])OCC[C@H](O)[C@H]2OC(=O)C(O)=C2O)C1=O. The summed E-state index contributed by atoms with van der Waals surface area (Å²) in [6.07, 6.45) is 16.3. The molecule has 0 bridgehead atoms. The van der Waals surface area contributed by atoms with Crippen molar-refractivity contribution >= 4 is 39.2 Å². The molecule has 4 rings (SSSR count). The first kappa shape index (κ1) is 61.8. The maximum atomic E-state index is 13.3. The van der Waals surface area contributed by atoms with Gasteiger partial charge in [0.2, 0.25) is 11.5 Å². The summed E-state index contributed by atoms with van der Waals surface area (Å²) in [4.78, 5) is 72.3. The molecule has 4 unspecified atom stereocenters. The molecule has 0 aromatic rings. The molecule has 410 valence electrons. The lowest BCUT2D eigenvalue weighted by molar-refractivity contribution is -0.438. The summed E-state index contributed by atoms with van der Waals surface area (Å²) < 4.78 is 54.6. The Kier molecular flexibility index (Phi) is 21.3. The van der Waals surface area contributed by atoms with Crippen molar-refractivity contribution in [3.05, 3.63) is 153 Å². The monoisotopic (exact) mass is 1080 g/mol. The van der Waals surface area contributed by atoms with Gasteiger partial charge in [-0.1, -0.05) is 141 Å². The molecule has 0 radical (unpaired) electrons. The van der Waals surface area contributed by atoms with Crippen LogP contribution >= 0.6 is 15.6 Å². The van der Waals surface area contributed by atoms with E-state index in [0.717, 1.165) is 22.3 Å². The summed E-state index contributed by atoms with van der Waals surface area (Å²) in [6.45, 7) is 16.6. The first-order valence-corrected chi connectivity index (χ1v) is 26.6. The maximum absolute atomic E-state index is 13.3. The third-order valence-corrected chi connectivity index (χ3v) is 14.4. The van der Waals surface area contributed by atoms with Gasteiger partial charge in [-0.25, -0.2) is 14.2 Å². The second-order valence-electron chi connectivity index (χ2n) is 19.6. The molecule has 0 aromatic carbocycles. The molecule has 0 saturated carbocycles. The number of allylic oxidation sites excluding steroid dienone is 20. The van der Waals surface area contributed by atoms with Crippen LogP contribution in [0.5, 0.6) is 0 Å². The van der Waals surface area contributed by atoms with Crippen LogP contribution < -0.4 is 10.00 Å². The Morgan fingerprint density at radius 2 is 1.07 bits per heavy atom. The number of hydrogen-bond acceptors (Lipinski definition) is 19. The predicted molar refractivity (Wildman–Crippen MR) is 271 cm³/mol. The van der Waals surface area contributed by atoms with E-state index in [1.807, 2.05) is 140 Å².